The van der Waals surface area contributed by atoms with Crippen molar-refractivity contribution in [1.29, 1.82) is 0 Å². The van der Waals surface area contributed by atoms with Gasteiger partial charge in [0.15, 0.2) is 5.17 Å². The molecule has 0 radical (unpaired) electrons. The summed E-state index contributed by atoms with van der Waals surface area (Å²) in [5.41, 5.74) is -0.233. The standard InChI is InChI=1S/C13H15F3N2S/c1-8-7-19-12(17-9(8)2)18-11-5-3-4-10(6-11)13(14,15)16/h3-6,8-9H,7H2,1-2H3,(H,17,18). The average molecular weight is 288 g/mol. The Hall–Kier alpha value is -1.17. The highest BCUT2D eigenvalue weighted by Crippen LogP contribution is 2.31. The summed E-state index contributed by atoms with van der Waals surface area (Å²) in [5.74, 6) is 1.41. The number of anilines is 1. The van der Waals surface area contributed by atoms with Crippen molar-refractivity contribution in [2.45, 2.75) is 26.1 Å². The monoisotopic (exact) mass is 288 g/mol. The minimum absolute atomic E-state index is 0.189. The van der Waals surface area contributed by atoms with Crippen molar-refractivity contribution in [2.75, 3.05) is 11.1 Å². The number of benzene rings is 1. The maximum atomic E-state index is 12.6. The molecule has 2 rings (SSSR count). The molecule has 1 aliphatic heterocycles. The minimum atomic E-state index is -4.32. The third kappa shape index (κ3) is 3.65. The van der Waals surface area contributed by atoms with E-state index >= 15 is 0 Å². The number of alkyl halides is 3. The van der Waals surface area contributed by atoms with Crippen LogP contribution < -0.4 is 5.32 Å². The van der Waals surface area contributed by atoms with E-state index in [0.29, 0.717) is 16.8 Å². The highest BCUT2D eigenvalue weighted by molar-refractivity contribution is 8.14. The molecule has 19 heavy (non-hydrogen) atoms. The average Bonchev–Trinajstić information content (AvgIpc) is 2.33. The van der Waals surface area contributed by atoms with Crippen LogP contribution >= 0.6 is 11.8 Å². The summed E-state index contributed by atoms with van der Waals surface area (Å²) in [7, 11) is 0. The van der Waals surface area contributed by atoms with Gasteiger partial charge in [-0.15, -0.1) is 0 Å². The van der Waals surface area contributed by atoms with Crippen LogP contribution in [0, 0.1) is 5.92 Å². The predicted octanol–water partition coefficient (Wildman–Crippen LogP) is 4.24. The van der Waals surface area contributed by atoms with Gasteiger partial charge in [0, 0.05) is 11.4 Å². The van der Waals surface area contributed by atoms with Gasteiger partial charge < -0.3 is 5.32 Å². The fourth-order valence-corrected chi connectivity index (χ4v) is 2.79. The topological polar surface area (TPSA) is 24.4 Å². The van der Waals surface area contributed by atoms with Crippen molar-refractivity contribution in [1.82, 2.24) is 0 Å². The number of thioether (sulfide) groups is 1. The third-order valence-corrected chi connectivity index (χ3v) is 4.24. The van der Waals surface area contributed by atoms with E-state index in [1.807, 2.05) is 6.92 Å². The van der Waals surface area contributed by atoms with Crippen molar-refractivity contribution in [3.8, 4) is 0 Å². The second-order valence-corrected chi connectivity index (χ2v) is 5.68. The van der Waals surface area contributed by atoms with Gasteiger partial charge in [0.05, 0.1) is 11.6 Å². The smallest absolute Gasteiger partial charge is 0.335 e. The number of hydrogen-bond acceptors (Lipinski definition) is 3. The number of nitrogens with zero attached hydrogens (tertiary/aromatic N) is 1. The molecule has 1 aliphatic rings. The van der Waals surface area contributed by atoms with Crippen molar-refractivity contribution in [3.05, 3.63) is 29.8 Å². The van der Waals surface area contributed by atoms with Crippen LogP contribution in [0.4, 0.5) is 18.9 Å². The number of rotatable bonds is 1. The van der Waals surface area contributed by atoms with Gasteiger partial charge >= 0.3 is 6.18 Å². The lowest BCUT2D eigenvalue weighted by atomic mass is 10.1. The summed E-state index contributed by atoms with van der Waals surface area (Å²) in [6.07, 6.45) is -4.32. The van der Waals surface area contributed by atoms with Gasteiger partial charge in [0.2, 0.25) is 0 Å². The molecule has 104 valence electrons. The molecule has 1 N–H and O–H groups in total. The Labute approximate surface area is 114 Å². The molecule has 6 heteroatoms. The van der Waals surface area contributed by atoms with Gasteiger partial charge in [-0.05, 0) is 31.0 Å². The molecular formula is C13H15F3N2S. The Kier molecular flexibility index (Phi) is 4.08. The maximum absolute atomic E-state index is 12.6. The van der Waals surface area contributed by atoms with E-state index < -0.39 is 11.7 Å². The molecule has 0 amide bonds. The largest absolute Gasteiger partial charge is 0.416 e. The quantitative estimate of drug-likeness (QED) is 0.835. The van der Waals surface area contributed by atoms with Crippen LogP contribution in [0.2, 0.25) is 0 Å². The van der Waals surface area contributed by atoms with E-state index in [9.17, 15) is 13.2 Å². The number of aliphatic imine (C=N–C) groups is 1. The molecule has 0 saturated heterocycles. The third-order valence-electron chi connectivity index (χ3n) is 3.07. The van der Waals surface area contributed by atoms with Gasteiger partial charge in [-0.2, -0.15) is 13.2 Å². The first kappa shape index (κ1) is 14.2. The van der Waals surface area contributed by atoms with E-state index in [1.54, 1.807) is 17.8 Å². The van der Waals surface area contributed by atoms with E-state index in [0.717, 1.165) is 17.9 Å². The van der Waals surface area contributed by atoms with E-state index in [4.69, 9.17) is 0 Å². The Bertz CT molecular complexity index is 485. The lowest BCUT2D eigenvalue weighted by Crippen LogP contribution is -2.25. The molecule has 2 atom stereocenters. The summed E-state index contributed by atoms with van der Waals surface area (Å²) in [5, 5.41) is 3.64. The molecule has 0 bridgehead atoms. The molecule has 0 fully saturated rings. The SMILES string of the molecule is CC1CSC(Nc2cccc(C(F)(F)F)c2)=NC1C. The molecule has 0 saturated carbocycles. The van der Waals surface area contributed by atoms with E-state index in [-0.39, 0.29) is 6.04 Å². The van der Waals surface area contributed by atoms with Crippen LogP contribution in [0.5, 0.6) is 0 Å². The van der Waals surface area contributed by atoms with Gasteiger partial charge in [0.1, 0.15) is 0 Å². The summed E-state index contributed by atoms with van der Waals surface area (Å²) < 4.78 is 37.8. The Morgan fingerprint density at radius 3 is 2.68 bits per heavy atom. The summed E-state index contributed by atoms with van der Waals surface area (Å²) in [6, 6.07) is 5.36. The zero-order valence-corrected chi connectivity index (χ0v) is 11.5. The normalized spacial score (nSPS) is 23.9. The Morgan fingerprint density at radius 1 is 1.32 bits per heavy atom. The van der Waals surface area contributed by atoms with Crippen LogP contribution in [-0.4, -0.2) is 17.0 Å². The van der Waals surface area contributed by atoms with Crippen LogP contribution in [0.3, 0.4) is 0 Å². The van der Waals surface area contributed by atoms with Crippen molar-refractivity contribution >= 4 is 22.6 Å². The second kappa shape index (κ2) is 5.45. The van der Waals surface area contributed by atoms with Crippen LogP contribution in [0.15, 0.2) is 29.3 Å². The van der Waals surface area contributed by atoms with Gasteiger partial charge in [-0.25, -0.2) is 0 Å². The summed E-state index contributed by atoms with van der Waals surface area (Å²) in [6.45, 7) is 4.13. The molecule has 0 aliphatic carbocycles. The first-order valence-corrected chi connectivity index (χ1v) is 6.99. The fraction of sp³-hybridized carbons (Fsp3) is 0.462. The van der Waals surface area contributed by atoms with Crippen LogP contribution in [0.25, 0.3) is 0 Å². The summed E-state index contributed by atoms with van der Waals surface area (Å²) >= 11 is 1.54. The molecule has 2 nitrogen and oxygen atoms in total. The molecule has 0 spiro atoms. The number of halogens is 3. The zero-order chi connectivity index (χ0) is 14.0. The van der Waals surface area contributed by atoms with Crippen LogP contribution in [0.1, 0.15) is 19.4 Å². The van der Waals surface area contributed by atoms with Crippen molar-refractivity contribution in [3.63, 3.8) is 0 Å². The molecular weight excluding hydrogens is 273 g/mol. The molecule has 1 heterocycles. The summed E-state index contributed by atoms with van der Waals surface area (Å²) in [4.78, 5) is 4.44. The molecule has 0 aromatic heterocycles. The van der Waals surface area contributed by atoms with Crippen molar-refractivity contribution in [2.24, 2.45) is 10.9 Å². The Morgan fingerprint density at radius 2 is 2.05 bits per heavy atom. The molecule has 1 aromatic rings. The highest BCUT2D eigenvalue weighted by Gasteiger charge is 2.30. The zero-order valence-electron chi connectivity index (χ0n) is 10.7. The predicted molar refractivity (Wildman–Crippen MR) is 73.6 cm³/mol. The van der Waals surface area contributed by atoms with Gasteiger partial charge in [-0.3, -0.25) is 4.99 Å². The van der Waals surface area contributed by atoms with E-state index in [1.165, 1.54) is 6.07 Å². The first-order chi connectivity index (χ1) is 8.86. The maximum Gasteiger partial charge on any atom is 0.416 e. The molecule has 1 aromatic carbocycles. The van der Waals surface area contributed by atoms with Gasteiger partial charge in [0.25, 0.3) is 0 Å². The van der Waals surface area contributed by atoms with Crippen molar-refractivity contribution < 1.29 is 13.2 Å². The molecule has 2 unspecified atom stereocenters. The van der Waals surface area contributed by atoms with Crippen LogP contribution in [-0.2, 0) is 6.18 Å². The minimum Gasteiger partial charge on any atom is -0.335 e. The van der Waals surface area contributed by atoms with Gasteiger partial charge in [-0.1, -0.05) is 24.8 Å². The second-order valence-electron chi connectivity index (χ2n) is 4.67. The first-order valence-electron chi connectivity index (χ1n) is 6.01. The van der Waals surface area contributed by atoms with E-state index in [2.05, 4.69) is 17.2 Å². The lowest BCUT2D eigenvalue weighted by Gasteiger charge is -2.23. The number of hydrogen-bond donors (Lipinski definition) is 1. The fourth-order valence-electron chi connectivity index (χ4n) is 1.66. The highest BCUT2D eigenvalue weighted by atomic mass is 32.2. The number of nitrogens with one attached hydrogen (secondary N) is 1. The number of amidine groups is 1. The lowest BCUT2D eigenvalue weighted by molar-refractivity contribution is -0.137. The Balaban J connectivity index is 2.14.